The number of rotatable bonds is 1. The first-order valence-electron chi connectivity index (χ1n) is 5.31. The summed E-state index contributed by atoms with van der Waals surface area (Å²) in [6.07, 6.45) is 0. The van der Waals surface area contributed by atoms with Crippen LogP contribution in [0.2, 0.25) is 0 Å². The van der Waals surface area contributed by atoms with Crippen molar-refractivity contribution in [1.82, 2.24) is 3.97 Å². The highest BCUT2D eigenvalue weighted by Crippen LogP contribution is 2.39. The zero-order valence-corrected chi connectivity index (χ0v) is 9.92. The highest BCUT2D eigenvalue weighted by molar-refractivity contribution is 7.99. The monoisotopic (exact) mass is 267 g/mol. The maximum Gasteiger partial charge on any atom is 0.462 e. The molecule has 1 nitrogen and oxygen atoms in total. The summed E-state index contributed by atoms with van der Waals surface area (Å²) in [6, 6.07) is 14.2. The second-order valence-corrected chi connectivity index (χ2v) is 4.88. The molecule has 0 spiro atoms. The summed E-state index contributed by atoms with van der Waals surface area (Å²) in [5, 5.41) is 1.68. The van der Waals surface area contributed by atoms with E-state index >= 15 is 0 Å². The van der Waals surface area contributed by atoms with Crippen LogP contribution in [0.4, 0.5) is 13.2 Å². The fraction of sp³-hybridized carbons (Fsp3) is 0.0769. The van der Waals surface area contributed by atoms with Crippen LogP contribution in [-0.4, -0.2) is 9.48 Å². The van der Waals surface area contributed by atoms with Gasteiger partial charge < -0.3 is 0 Å². The van der Waals surface area contributed by atoms with Gasteiger partial charge in [0.1, 0.15) is 0 Å². The van der Waals surface area contributed by atoms with Crippen LogP contribution in [0.3, 0.4) is 0 Å². The predicted molar refractivity (Wildman–Crippen MR) is 68.5 cm³/mol. The Morgan fingerprint density at radius 1 is 0.778 bits per heavy atom. The average Bonchev–Trinajstić information content (AvgIpc) is 2.64. The second-order valence-electron chi connectivity index (χ2n) is 3.87. The van der Waals surface area contributed by atoms with Crippen molar-refractivity contribution in [2.24, 2.45) is 0 Å². The lowest BCUT2D eigenvalue weighted by Gasteiger charge is -2.08. The van der Waals surface area contributed by atoms with E-state index < -0.39 is 5.51 Å². The summed E-state index contributed by atoms with van der Waals surface area (Å²) in [7, 11) is 0. The van der Waals surface area contributed by atoms with E-state index in [1.54, 1.807) is 24.3 Å². The molecule has 1 aromatic heterocycles. The van der Waals surface area contributed by atoms with Crippen LogP contribution in [0.1, 0.15) is 0 Å². The van der Waals surface area contributed by atoms with Crippen LogP contribution >= 0.6 is 11.9 Å². The van der Waals surface area contributed by atoms with E-state index in [1.165, 1.54) is 3.97 Å². The van der Waals surface area contributed by atoms with Gasteiger partial charge in [0.05, 0.1) is 23.0 Å². The van der Waals surface area contributed by atoms with Crippen molar-refractivity contribution in [3.8, 4) is 0 Å². The van der Waals surface area contributed by atoms with Crippen molar-refractivity contribution in [3.05, 3.63) is 48.5 Å². The van der Waals surface area contributed by atoms with Crippen LogP contribution in [-0.2, 0) is 0 Å². The molecular formula is C13H8F3NS. The Labute approximate surface area is 105 Å². The maximum absolute atomic E-state index is 12.6. The number of hydrogen-bond acceptors (Lipinski definition) is 1. The van der Waals surface area contributed by atoms with E-state index in [-0.39, 0.29) is 11.9 Å². The van der Waals surface area contributed by atoms with Gasteiger partial charge in [0.25, 0.3) is 0 Å². The molecule has 0 saturated heterocycles. The Morgan fingerprint density at radius 3 is 1.67 bits per heavy atom. The first kappa shape index (κ1) is 11.5. The normalized spacial score (nSPS) is 12.4. The minimum Gasteiger partial charge on any atom is -0.276 e. The van der Waals surface area contributed by atoms with Gasteiger partial charge in [-0.3, -0.25) is 3.97 Å². The summed E-state index contributed by atoms with van der Waals surface area (Å²) in [6.45, 7) is 0. The number of fused-ring (bicyclic) bond motifs is 3. The molecule has 1 heterocycles. The van der Waals surface area contributed by atoms with Crippen molar-refractivity contribution >= 4 is 33.8 Å². The van der Waals surface area contributed by atoms with Crippen molar-refractivity contribution in [3.63, 3.8) is 0 Å². The molecule has 0 fully saturated rings. The summed E-state index contributed by atoms with van der Waals surface area (Å²) in [5.74, 6) is 0. The van der Waals surface area contributed by atoms with E-state index in [4.69, 9.17) is 0 Å². The highest BCUT2D eigenvalue weighted by atomic mass is 32.2. The summed E-state index contributed by atoms with van der Waals surface area (Å²) in [4.78, 5) is 0. The zero-order valence-electron chi connectivity index (χ0n) is 9.11. The first-order chi connectivity index (χ1) is 8.56. The van der Waals surface area contributed by atoms with E-state index in [0.717, 1.165) is 10.8 Å². The molecule has 0 bridgehead atoms. The fourth-order valence-corrected chi connectivity index (χ4v) is 2.81. The molecule has 0 aliphatic heterocycles. The Hall–Kier alpha value is -1.62. The fourth-order valence-electron chi connectivity index (χ4n) is 2.09. The number of alkyl halides is 3. The van der Waals surface area contributed by atoms with Crippen LogP contribution in [0.15, 0.2) is 48.5 Å². The molecule has 2 aromatic carbocycles. The molecule has 3 rings (SSSR count). The molecule has 0 aliphatic carbocycles. The minimum atomic E-state index is -4.30. The van der Waals surface area contributed by atoms with Gasteiger partial charge in [0.15, 0.2) is 0 Å². The molecule has 5 heteroatoms. The molecule has 92 valence electrons. The lowest BCUT2D eigenvalue weighted by molar-refractivity contribution is -0.0333. The van der Waals surface area contributed by atoms with E-state index in [0.29, 0.717) is 11.0 Å². The minimum absolute atomic E-state index is 0.117. The van der Waals surface area contributed by atoms with Crippen LogP contribution in [0.5, 0.6) is 0 Å². The number of para-hydroxylation sites is 2. The third-order valence-corrected chi connectivity index (χ3v) is 3.51. The van der Waals surface area contributed by atoms with Gasteiger partial charge in [-0.05, 0) is 12.1 Å². The first-order valence-corrected chi connectivity index (χ1v) is 6.08. The quantitative estimate of drug-likeness (QED) is 0.612. The Bertz CT molecular complexity index is 662. The summed E-state index contributed by atoms with van der Waals surface area (Å²) in [5.41, 5.74) is -3.13. The molecule has 3 aromatic rings. The van der Waals surface area contributed by atoms with Crippen molar-refractivity contribution < 1.29 is 13.2 Å². The smallest absolute Gasteiger partial charge is 0.276 e. The third-order valence-electron chi connectivity index (χ3n) is 2.73. The molecule has 0 amide bonds. The van der Waals surface area contributed by atoms with Gasteiger partial charge >= 0.3 is 5.51 Å². The number of halogens is 3. The zero-order chi connectivity index (χ0) is 12.8. The van der Waals surface area contributed by atoms with Crippen molar-refractivity contribution in [2.75, 3.05) is 0 Å². The molecule has 0 aliphatic rings. The van der Waals surface area contributed by atoms with Gasteiger partial charge in [0.2, 0.25) is 0 Å². The maximum atomic E-state index is 12.6. The van der Waals surface area contributed by atoms with Gasteiger partial charge in [-0.1, -0.05) is 36.4 Å². The van der Waals surface area contributed by atoms with Crippen LogP contribution < -0.4 is 0 Å². The molecule has 0 atom stereocenters. The average molecular weight is 267 g/mol. The van der Waals surface area contributed by atoms with Gasteiger partial charge in [0, 0.05) is 10.8 Å². The Kier molecular flexibility index (Phi) is 2.52. The van der Waals surface area contributed by atoms with Crippen molar-refractivity contribution in [1.29, 1.82) is 0 Å². The molecular weight excluding hydrogens is 259 g/mol. The summed E-state index contributed by atoms with van der Waals surface area (Å²) >= 11 is -0.117. The van der Waals surface area contributed by atoms with E-state index in [9.17, 15) is 13.2 Å². The van der Waals surface area contributed by atoms with Crippen molar-refractivity contribution in [2.45, 2.75) is 5.51 Å². The molecule has 0 radical (unpaired) electrons. The topological polar surface area (TPSA) is 4.93 Å². The van der Waals surface area contributed by atoms with Crippen LogP contribution in [0.25, 0.3) is 21.8 Å². The second kappa shape index (κ2) is 3.95. The molecule has 0 saturated carbocycles. The molecule has 18 heavy (non-hydrogen) atoms. The summed E-state index contributed by atoms with van der Waals surface area (Å²) < 4.78 is 39.1. The standard InChI is InChI=1S/C13H8F3NS/c14-13(15,16)18-17-11-7-3-1-5-9(11)10-6-2-4-8-12(10)17/h1-8H. The number of aromatic nitrogens is 1. The van der Waals surface area contributed by atoms with E-state index in [1.807, 2.05) is 24.3 Å². The largest absolute Gasteiger partial charge is 0.462 e. The lowest BCUT2D eigenvalue weighted by atomic mass is 10.2. The Morgan fingerprint density at radius 2 is 1.22 bits per heavy atom. The predicted octanol–water partition coefficient (Wildman–Crippen LogP) is 4.81. The number of hydrogen-bond donors (Lipinski definition) is 0. The number of benzene rings is 2. The highest BCUT2D eigenvalue weighted by Gasteiger charge is 2.31. The van der Waals surface area contributed by atoms with Gasteiger partial charge in [-0.2, -0.15) is 13.2 Å². The van der Waals surface area contributed by atoms with E-state index in [2.05, 4.69) is 0 Å². The SMILES string of the molecule is FC(F)(F)Sn1c2ccccc2c2ccccc21. The van der Waals surface area contributed by atoms with Gasteiger partial charge in [-0.15, -0.1) is 0 Å². The van der Waals surface area contributed by atoms with Crippen LogP contribution in [0, 0.1) is 0 Å². The number of nitrogens with zero attached hydrogens (tertiary/aromatic N) is 1. The Balaban J connectivity index is 2.38. The third kappa shape index (κ3) is 1.84. The molecule has 0 unspecified atom stereocenters. The lowest BCUT2D eigenvalue weighted by Crippen LogP contribution is -2.04. The molecule has 0 N–H and O–H groups in total. The van der Waals surface area contributed by atoms with Gasteiger partial charge in [-0.25, -0.2) is 0 Å².